The number of hydrogen-bond donors (Lipinski definition) is 2. The van der Waals surface area contributed by atoms with Gasteiger partial charge in [0, 0.05) is 18.6 Å². The van der Waals surface area contributed by atoms with Crippen molar-refractivity contribution in [1.29, 1.82) is 0 Å². The lowest BCUT2D eigenvalue weighted by atomic mass is 9.75. The Morgan fingerprint density at radius 3 is 2.71 bits per heavy atom. The minimum Gasteiger partial charge on any atom is -0.392 e. The summed E-state index contributed by atoms with van der Waals surface area (Å²) in [6.45, 7) is 1.86. The summed E-state index contributed by atoms with van der Waals surface area (Å²) in [6, 6.07) is 10.1. The first-order valence-electron chi connectivity index (χ1n) is 6.27. The van der Waals surface area contributed by atoms with Crippen LogP contribution in [0.2, 0.25) is 0 Å². The molecule has 0 spiro atoms. The third-order valence-corrected chi connectivity index (χ3v) is 3.74. The second kappa shape index (κ2) is 5.63. The van der Waals surface area contributed by atoms with Gasteiger partial charge in [0.25, 0.3) is 0 Å². The molecule has 17 heavy (non-hydrogen) atoms. The maximum atomic E-state index is 10.4. The Kier molecular flexibility index (Phi) is 4.15. The SMILES string of the molecule is NCC1(C(O)Cc2ccccc2)CCCOC1. The topological polar surface area (TPSA) is 55.5 Å². The molecule has 2 unspecified atom stereocenters. The highest BCUT2D eigenvalue weighted by Crippen LogP contribution is 2.32. The van der Waals surface area contributed by atoms with Crippen LogP contribution in [0.1, 0.15) is 18.4 Å². The van der Waals surface area contributed by atoms with Crippen LogP contribution in [0.5, 0.6) is 0 Å². The third kappa shape index (κ3) is 2.86. The van der Waals surface area contributed by atoms with Gasteiger partial charge in [-0.2, -0.15) is 0 Å². The standard InChI is InChI=1S/C14H21NO2/c15-10-14(7-4-8-17-11-14)13(16)9-12-5-2-1-3-6-12/h1-3,5-6,13,16H,4,7-11,15H2. The highest BCUT2D eigenvalue weighted by molar-refractivity contribution is 5.16. The average Bonchev–Trinajstić information content (AvgIpc) is 2.40. The number of hydrogen-bond acceptors (Lipinski definition) is 3. The molecule has 94 valence electrons. The second-order valence-electron chi connectivity index (χ2n) is 4.93. The fourth-order valence-corrected chi connectivity index (χ4v) is 2.49. The van der Waals surface area contributed by atoms with Crippen molar-refractivity contribution in [3.8, 4) is 0 Å². The zero-order chi connectivity index (χ0) is 12.1. The van der Waals surface area contributed by atoms with Crippen molar-refractivity contribution in [3.63, 3.8) is 0 Å². The van der Waals surface area contributed by atoms with Gasteiger partial charge in [-0.3, -0.25) is 0 Å². The third-order valence-electron chi connectivity index (χ3n) is 3.74. The normalized spacial score (nSPS) is 26.7. The van der Waals surface area contributed by atoms with Crippen molar-refractivity contribution in [2.45, 2.75) is 25.4 Å². The zero-order valence-corrected chi connectivity index (χ0v) is 10.1. The van der Waals surface area contributed by atoms with E-state index in [0.29, 0.717) is 19.6 Å². The van der Waals surface area contributed by atoms with Gasteiger partial charge in [-0.15, -0.1) is 0 Å². The summed E-state index contributed by atoms with van der Waals surface area (Å²) in [5, 5.41) is 10.4. The Morgan fingerprint density at radius 1 is 1.35 bits per heavy atom. The Balaban J connectivity index is 2.04. The maximum absolute atomic E-state index is 10.4. The number of nitrogens with two attached hydrogens (primary N) is 1. The van der Waals surface area contributed by atoms with Gasteiger partial charge in [0.2, 0.25) is 0 Å². The van der Waals surface area contributed by atoms with Crippen molar-refractivity contribution in [2.75, 3.05) is 19.8 Å². The number of aliphatic hydroxyl groups excluding tert-OH is 1. The minimum absolute atomic E-state index is 0.256. The summed E-state index contributed by atoms with van der Waals surface area (Å²) >= 11 is 0. The number of benzene rings is 1. The first-order chi connectivity index (χ1) is 8.27. The quantitative estimate of drug-likeness (QED) is 0.828. The summed E-state index contributed by atoms with van der Waals surface area (Å²) in [6.07, 6.45) is 2.18. The van der Waals surface area contributed by atoms with Crippen LogP contribution in [-0.4, -0.2) is 31.0 Å². The molecule has 1 saturated heterocycles. The Hall–Kier alpha value is -0.900. The Morgan fingerprint density at radius 2 is 2.12 bits per heavy atom. The van der Waals surface area contributed by atoms with E-state index in [1.54, 1.807) is 0 Å². The van der Waals surface area contributed by atoms with Gasteiger partial charge in [-0.1, -0.05) is 30.3 Å². The molecule has 3 nitrogen and oxygen atoms in total. The Labute approximate surface area is 103 Å². The van der Waals surface area contributed by atoms with E-state index in [4.69, 9.17) is 10.5 Å². The molecule has 2 atom stereocenters. The predicted octanol–water partition coefficient (Wildman–Crippen LogP) is 1.35. The molecule has 0 aliphatic carbocycles. The van der Waals surface area contributed by atoms with Crippen LogP contribution in [0.25, 0.3) is 0 Å². The second-order valence-corrected chi connectivity index (χ2v) is 4.93. The lowest BCUT2D eigenvalue weighted by Gasteiger charge is -2.40. The lowest BCUT2D eigenvalue weighted by molar-refractivity contribution is -0.0757. The molecule has 1 aliphatic rings. The maximum Gasteiger partial charge on any atom is 0.0670 e. The van der Waals surface area contributed by atoms with E-state index in [-0.39, 0.29) is 5.41 Å². The smallest absolute Gasteiger partial charge is 0.0670 e. The van der Waals surface area contributed by atoms with Crippen molar-refractivity contribution in [2.24, 2.45) is 11.1 Å². The molecule has 1 aromatic rings. The molecule has 0 amide bonds. The van der Waals surface area contributed by atoms with Gasteiger partial charge in [-0.05, 0) is 24.8 Å². The fourth-order valence-electron chi connectivity index (χ4n) is 2.49. The van der Waals surface area contributed by atoms with Gasteiger partial charge >= 0.3 is 0 Å². The minimum atomic E-state index is -0.421. The van der Waals surface area contributed by atoms with Gasteiger partial charge in [0.15, 0.2) is 0 Å². The van der Waals surface area contributed by atoms with Crippen LogP contribution in [-0.2, 0) is 11.2 Å². The largest absolute Gasteiger partial charge is 0.392 e. The highest BCUT2D eigenvalue weighted by Gasteiger charge is 2.38. The molecular weight excluding hydrogens is 214 g/mol. The van der Waals surface area contributed by atoms with Crippen molar-refractivity contribution >= 4 is 0 Å². The van der Waals surface area contributed by atoms with Crippen LogP contribution in [0.3, 0.4) is 0 Å². The van der Waals surface area contributed by atoms with E-state index in [9.17, 15) is 5.11 Å². The molecule has 1 aromatic carbocycles. The van der Waals surface area contributed by atoms with Crippen LogP contribution in [0, 0.1) is 5.41 Å². The summed E-state index contributed by atoms with van der Waals surface area (Å²) < 4.78 is 5.50. The highest BCUT2D eigenvalue weighted by atomic mass is 16.5. The monoisotopic (exact) mass is 235 g/mol. The van der Waals surface area contributed by atoms with Crippen LogP contribution in [0.4, 0.5) is 0 Å². The first-order valence-corrected chi connectivity index (χ1v) is 6.27. The van der Waals surface area contributed by atoms with E-state index in [0.717, 1.165) is 25.0 Å². The summed E-state index contributed by atoms with van der Waals surface area (Å²) in [5.74, 6) is 0. The van der Waals surface area contributed by atoms with Gasteiger partial charge < -0.3 is 15.6 Å². The van der Waals surface area contributed by atoms with Crippen LogP contribution in [0.15, 0.2) is 30.3 Å². The van der Waals surface area contributed by atoms with Gasteiger partial charge in [0.1, 0.15) is 0 Å². The van der Waals surface area contributed by atoms with E-state index in [2.05, 4.69) is 0 Å². The van der Waals surface area contributed by atoms with Crippen molar-refractivity contribution in [1.82, 2.24) is 0 Å². The molecule has 1 heterocycles. The molecule has 3 N–H and O–H groups in total. The van der Waals surface area contributed by atoms with Crippen molar-refractivity contribution in [3.05, 3.63) is 35.9 Å². The van der Waals surface area contributed by atoms with Crippen LogP contribution < -0.4 is 5.73 Å². The van der Waals surface area contributed by atoms with E-state index in [1.807, 2.05) is 30.3 Å². The molecule has 0 bridgehead atoms. The van der Waals surface area contributed by atoms with Gasteiger partial charge in [0.05, 0.1) is 12.7 Å². The number of rotatable bonds is 4. The summed E-state index contributed by atoms with van der Waals surface area (Å²) in [5.41, 5.74) is 6.75. The fraction of sp³-hybridized carbons (Fsp3) is 0.571. The summed E-state index contributed by atoms with van der Waals surface area (Å²) in [4.78, 5) is 0. The van der Waals surface area contributed by atoms with E-state index in [1.165, 1.54) is 0 Å². The van der Waals surface area contributed by atoms with E-state index >= 15 is 0 Å². The zero-order valence-electron chi connectivity index (χ0n) is 10.1. The van der Waals surface area contributed by atoms with Gasteiger partial charge in [-0.25, -0.2) is 0 Å². The molecular formula is C14H21NO2. The molecule has 3 heteroatoms. The lowest BCUT2D eigenvalue weighted by Crippen LogP contribution is -2.48. The Bertz CT molecular complexity index is 333. The van der Waals surface area contributed by atoms with Crippen molar-refractivity contribution < 1.29 is 9.84 Å². The average molecular weight is 235 g/mol. The molecule has 2 rings (SSSR count). The molecule has 0 aromatic heterocycles. The molecule has 1 aliphatic heterocycles. The summed E-state index contributed by atoms with van der Waals surface area (Å²) in [7, 11) is 0. The number of ether oxygens (including phenoxy) is 1. The first kappa shape index (κ1) is 12.6. The van der Waals surface area contributed by atoms with E-state index < -0.39 is 6.10 Å². The molecule has 0 saturated carbocycles. The predicted molar refractivity (Wildman–Crippen MR) is 67.7 cm³/mol. The molecule has 0 radical (unpaired) electrons. The molecule has 1 fully saturated rings. The van der Waals surface area contributed by atoms with Crippen LogP contribution >= 0.6 is 0 Å². The number of aliphatic hydroxyl groups is 1.